The van der Waals surface area contributed by atoms with E-state index in [0.717, 1.165) is 5.56 Å². The molecule has 6 nitrogen and oxygen atoms in total. The number of benzene rings is 3. The Morgan fingerprint density at radius 3 is 2.22 bits per heavy atom. The Labute approximate surface area is 194 Å². The molecule has 32 heavy (non-hydrogen) atoms. The summed E-state index contributed by atoms with van der Waals surface area (Å²) in [6.45, 7) is -1.11. The van der Waals surface area contributed by atoms with E-state index in [4.69, 9.17) is 23.8 Å². The number of anilines is 3. The molecule has 0 heterocycles. The van der Waals surface area contributed by atoms with E-state index in [9.17, 15) is 17.2 Å². The summed E-state index contributed by atoms with van der Waals surface area (Å²) < 4.78 is 56.8. The van der Waals surface area contributed by atoms with Crippen LogP contribution in [0.1, 0.15) is 5.56 Å². The zero-order valence-electron chi connectivity index (χ0n) is 16.6. The minimum Gasteiger partial charge on any atom is -0.435 e. The third-order valence-corrected chi connectivity index (χ3v) is 6.04. The quantitative estimate of drug-likeness (QED) is 0.355. The summed E-state index contributed by atoms with van der Waals surface area (Å²) in [5.74, 6) is 0.0198. The highest BCUT2D eigenvalue weighted by molar-refractivity contribution is 7.92. The Morgan fingerprint density at radius 1 is 0.969 bits per heavy atom. The lowest BCUT2D eigenvalue weighted by atomic mass is 10.2. The van der Waals surface area contributed by atoms with Crippen LogP contribution in [0.3, 0.4) is 0 Å². The van der Waals surface area contributed by atoms with E-state index in [-0.39, 0.29) is 15.8 Å². The number of hydrogen-bond donors (Lipinski definition) is 3. The summed E-state index contributed by atoms with van der Waals surface area (Å²) in [4.78, 5) is 0.0388. The van der Waals surface area contributed by atoms with Gasteiger partial charge in [0.2, 0.25) is 0 Å². The normalized spacial score (nSPS) is 11.2. The van der Waals surface area contributed by atoms with Crippen LogP contribution in [0, 0.1) is 6.92 Å². The van der Waals surface area contributed by atoms with Gasteiger partial charge in [0.05, 0.1) is 4.90 Å². The molecule has 0 amide bonds. The largest absolute Gasteiger partial charge is 0.435 e. The van der Waals surface area contributed by atoms with Gasteiger partial charge >= 0.3 is 6.61 Å². The summed E-state index contributed by atoms with van der Waals surface area (Å²) in [7, 11) is -3.85. The Bertz CT molecular complexity index is 1210. The molecule has 11 heteroatoms. The van der Waals surface area contributed by atoms with Gasteiger partial charge in [-0.05, 0) is 85.4 Å². The summed E-state index contributed by atoms with van der Waals surface area (Å²) in [5.41, 5.74) is 2.16. The van der Waals surface area contributed by atoms with Crippen LogP contribution in [0.25, 0.3) is 0 Å². The fourth-order valence-corrected chi connectivity index (χ4v) is 4.08. The number of thiocarbonyl (C=S) groups is 1. The second kappa shape index (κ2) is 10.1. The van der Waals surface area contributed by atoms with Gasteiger partial charge in [-0.1, -0.05) is 17.7 Å². The first kappa shape index (κ1) is 23.7. The smallest absolute Gasteiger partial charge is 0.387 e. The number of hydrogen-bond acceptors (Lipinski definition) is 4. The van der Waals surface area contributed by atoms with Crippen molar-refractivity contribution in [2.45, 2.75) is 18.4 Å². The first-order valence-electron chi connectivity index (χ1n) is 9.14. The third-order valence-electron chi connectivity index (χ3n) is 4.20. The van der Waals surface area contributed by atoms with Crippen LogP contribution in [0.15, 0.2) is 71.6 Å². The standard InChI is InChI=1S/C21H18ClF2N3O3S2/c1-13-2-11-18(32(28,29)27-16-5-3-14(22)4-6-16)12-19(13)26-21(31)25-15-7-9-17(10-8-15)30-20(23)24/h2-12,20,27H,1H3,(H2,25,26,31). The van der Waals surface area contributed by atoms with Crippen LogP contribution >= 0.6 is 23.8 Å². The number of rotatable bonds is 7. The lowest BCUT2D eigenvalue weighted by molar-refractivity contribution is -0.0498. The average molecular weight is 498 g/mol. The topological polar surface area (TPSA) is 79.5 Å². The molecular formula is C21H18ClF2N3O3S2. The Balaban J connectivity index is 1.71. The molecule has 3 N–H and O–H groups in total. The van der Waals surface area contributed by atoms with Crippen molar-refractivity contribution in [3.05, 3.63) is 77.3 Å². The number of sulfonamides is 1. The number of nitrogens with one attached hydrogen (secondary N) is 3. The maximum absolute atomic E-state index is 12.7. The molecule has 0 aliphatic heterocycles. The van der Waals surface area contributed by atoms with E-state index in [1.54, 1.807) is 37.3 Å². The van der Waals surface area contributed by atoms with E-state index < -0.39 is 16.6 Å². The minimum atomic E-state index is -3.85. The number of alkyl halides is 2. The summed E-state index contributed by atoms with van der Waals surface area (Å²) in [5, 5.41) is 6.53. The molecule has 0 unspecified atom stereocenters. The first-order chi connectivity index (χ1) is 15.1. The van der Waals surface area contributed by atoms with Crippen LogP contribution in [-0.2, 0) is 10.0 Å². The van der Waals surface area contributed by atoms with Crippen LogP contribution in [0.4, 0.5) is 25.8 Å². The van der Waals surface area contributed by atoms with Gasteiger partial charge in [0.25, 0.3) is 10.0 Å². The second-order valence-corrected chi connectivity index (χ2v) is 9.10. The molecule has 0 fully saturated rings. The highest BCUT2D eigenvalue weighted by Crippen LogP contribution is 2.24. The Kier molecular flexibility index (Phi) is 7.49. The highest BCUT2D eigenvalue weighted by atomic mass is 35.5. The van der Waals surface area contributed by atoms with Gasteiger partial charge in [-0.3, -0.25) is 4.72 Å². The molecule has 3 aromatic rings. The van der Waals surface area contributed by atoms with Crippen molar-refractivity contribution in [1.82, 2.24) is 0 Å². The van der Waals surface area contributed by atoms with Crippen molar-refractivity contribution in [1.29, 1.82) is 0 Å². The van der Waals surface area contributed by atoms with E-state index in [2.05, 4.69) is 20.1 Å². The zero-order chi connectivity index (χ0) is 23.3. The molecule has 0 saturated carbocycles. The zero-order valence-corrected chi connectivity index (χ0v) is 19.0. The number of aryl methyl sites for hydroxylation is 1. The average Bonchev–Trinajstić information content (AvgIpc) is 2.72. The SMILES string of the molecule is Cc1ccc(S(=O)(=O)Nc2ccc(Cl)cc2)cc1NC(=S)Nc1ccc(OC(F)F)cc1. The molecule has 0 radical (unpaired) electrons. The van der Waals surface area contributed by atoms with Crippen LogP contribution in [-0.4, -0.2) is 20.1 Å². The predicted molar refractivity (Wildman–Crippen MR) is 126 cm³/mol. The van der Waals surface area contributed by atoms with E-state index in [1.807, 2.05) is 0 Å². The maximum Gasteiger partial charge on any atom is 0.387 e. The van der Waals surface area contributed by atoms with E-state index >= 15 is 0 Å². The fourth-order valence-electron chi connectivity index (χ4n) is 2.64. The Hall–Kier alpha value is -2.95. The minimum absolute atomic E-state index is 0.0198. The monoisotopic (exact) mass is 497 g/mol. The number of halogens is 3. The van der Waals surface area contributed by atoms with Crippen molar-refractivity contribution >= 4 is 56.0 Å². The fraction of sp³-hybridized carbons (Fsp3) is 0.0952. The van der Waals surface area contributed by atoms with Crippen LogP contribution in [0.2, 0.25) is 5.02 Å². The summed E-state index contributed by atoms with van der Waals surface area (Å²) >= 11 is 11.1. The lowest BCUT2D eigenvalue weighted by Crippen LogP contribution is -2.20. The Morgan fingerprint density at radius 2 is 1.59 bits per heavy atom. The molecule has 3 rings (SSSR count). The van der Waals surface area contributed by atoms with Crippen molar-refractivity contribution in [3.8, 4) is 5.75 Å². The molecule has 168 valence electrons. The molecule has 0 saturated heterocycles. The highest BCUT2D eigenvalue weighted by Gasteiger charge is 2.16. The van der Waals surface area contributed by atoms with E-state index in [1.165, 1.54) is 36.4 Å². The van der Waals surface area contributed by atoms with Gasteiger partial charge in [-0.15, -0.1) is 0 Å². The van der Waals surface area contributed by atoms with Crippen molar-refractivity contribution in [2.24, 2.45) is 0 Å². The van der Waals surface area contributed by atoms with Crippen LogP contribution in [0.5, 0.6) is 5.75 Å². The maximum atomic E-state index is 12.7. The molecular weight excluding hydrogens is 480 g/mol. The molecule has 0 aliphatic carbocycles. The second-order valence-electron chi connectivity index (χ2n) is 6.57. The lowest BCUT2D eigenvalue weighted by Gasteiger charge is -2.15. The molecule has 0 aromatic heterocycles. The molecule has 0 spiro atoms. The molecule has 0 atom stereocenters. The van der Waals surface area contributed by atoms with Gasteiger partial charge in [0.15, 0.2) is 5.11 Å². The van der Waals surface area contributed by atoms with Crippen molar-refractivity contribution in [2.75, 3.05) is 15.4 Å². The predicted octanol–water partition coefficient (Wildman–Crippen LogP) is 5.86. The molecule has 0 bridgehead atoms. The van der Waals surface area contributed by atoms with Crippen molar-refractivity contribution in [3.63, 3.8) is 0 Å². The summed E-state index contributed by atoms with van der Waals surface area (Å²) in [6, 6.07) is 16.7. The van der Waals surface area contributed by atoms with Gasteiger partial charge in [-0.2, -0.15) is 8.78 Å². The number of ether oxygens (including phenoxy) is 1. The van der Waals surface area contributed by atoms with Gasteiger partial charge < -0.3 is 15.4 Å². The summed E-state index contributed by atoms with van der Waals surface area (Å²) in [6.07, 6.45) is 0. The van der Waals surface area contributed by atoms with E-state index in [0.29, 0.717) is 22.1 Å². The third kappa shape index (κ3) is 6.52. The van der Waals surface area contributed by atoms with Gasteiger partial charge in [0, 0.05) is 22.1 Å². The van der Waals surface area contributed by atoms with Crippen molar-refractivity contribution < 1.29 is 21.9 Å². The molecule has 3 aromatic carbocycles. The van der Waals surface area contributed by atoms with Gasteiger partial charge in [-0.25, -0.2) is 8.42 Å². The van der Waals surface area contributed by atoms with Crippen LogP contribution < -0.4 is 20.1 Å². The first-order valence-corrected chi connectivity index (χ1v) is 11.4. The van der Waals surface area contributed by atoms with Gasteiger partial charge in [0.1, 0.15) is 5.75 Å². The molecule has 0 aliphatic rings.